The number of H-pyrrole nitrogens is 1. The highest BCUT2D eigenvalue weighted by Crippen LogP contribution is 2.29. The minimum Gasteiger partial charge on any atom is -0.378 e. The van der Waals surface area contributed by atoms with E-state index < -0.39 is 0 Å². The molecular formula is C24H22N8O. The molecule has 0 spiro atoms. The van der Waals surface area contributed by atoms with Gasteiger partial charge in [0.25, 0.3) is 0 Å². The molecule has 0 bridgehead atoms. The minimum atomic E-state index is 0.475. The van der Waals surface area contributed by atoms with Gasteiger partial charge in [-0.05, 0) is 18.2 Å². The molecule has 6 rings (SSSR count). The number of benzene rings is 1. The molecule has 9 heteroatoms. The van der Waals surface area contributed by atoms with Crippen LogP contribution in [0.25, 0.3) is 27.8 Å². The number of nitrogens with zero attached hydrogens (tertiary/aromatic N) is 7. The number of aromatic nitrogens is 5. The summed E-state index contributed by atoms with van der Waals surface area (Å²) in [6.07, 6.45) is 7.43. The molecule has 1 aliphatic heterocycles. The zero-order valence-corrected chi connectivity index (χ0v) is 17.9. The molecule has 1 saturated heterocycles. The lowest BCUT2D eigenvalue weighted by Gasteiger charge is -2.28. The second-order valence-corrected chi connectivity index (χ2v) is 7.88. The van der Waals surface area contributed by atoms with Gasteiger partial charge in [0.2, 0.25) is 0 Å². The summed E-state index contributed by atoms with van der Waals surface area (Å²) >= 11 is 0. The Bertz CT molecular complexity index is 1430. The van der Waals surface area contributed by atoms with Crippen molar-refractivity contribution in [2.45, 2.75) is 6.54 Å². The third kappa shape index (κ3) is 3.83. The van der Waals surface area contributed by atoms with Crippen LogP contribution in [0.5, 0.6) is 0 Å². The van der Waals surface area contributed by atoms with E-state index in [1.165, 1.54) is 0 Å². The maximum Gasteiger partial charge on any atom is 0.196 e. The predicted octanol–water partition coefficient (Wildman–Crippen LogP) is 4.39. The van der Waals surface area contributed by atoms with E-state index in [1.54, 1.807) is 16.9 Å². The van der Waals surface area contributed by atoms with Crippen molar-refractivity contribution >= 4 is 28.1 Å². The quantitative estimate of drug-likeness (QED) is 0.411. The number of para-hydroxylation sites is 1. The highest BCUT2D eigenvalue weighted by molar-refractivity contribution is 5.83. The van der Waals surface area contributed by atoms with E-state index in [0.717, 1.165) is 52.1 Å². The average Bonchev–Trinajstić information content (AvgIpc) is 3.49. The van der Waals surface area contributed by atoms with Crippen molar-refractivity contribution in [2.24, 2.45) is 10.2 Å². The lowest BCUT2D eigenvalue weighted by molar-refractivity contribution is 0.123. The minimum absolute atomic E-state index is 0.475. The Balaban J connectivity index is 1.36. The largest absolute Gasteiger partial charge is 0.378 e. The fourth-order valence-corrected chi connectivity index (χ4v) is 4.14. The second-order valence-electron chi connectivity index (χ2n) is 7.88. The van der Waals surface area contributed by atoms with Crippen LogP contribution < -0.4 is 4.90 Å². The third-order valence-corrected chi connectivity index (χ3v) is 5.81. The number of rotatable bonds is 5. The fourth-order valence-electron chi connectivity index (χ4n) is 4.14. The molecule has 0 saturated carbocycles. The number of imidazole rings is 1. The first-order valence-electron chi connectivity index (χ1n) is 10.9. The van der Waals surface area contributed by atoms with Crippen molar-refractivity contribution in [2.75, 3.05) is 31.2 Å². The smallest absolute Gasteiger partial charge is 0.196 e. The summed E-state index contributed by atoms with van der Waals surface area (Å²) in [5.41, 5.74) is 5.80. The van der Waals surface area contributed by atoms with Crippen LogP contribution in [0.2, 0.25) is 0 Å². The van der Waals surface area contributed by atoms with Gasteiger partial charge in [0.05, 0.1) is 37.3 Å². The van der Waals surface area contributed by atoms with Crippen molar-refractivity contribution in [1.82, 2.24) is 24.6 Å². The number of pyridine rings is 1. The molecule has 1 aromatic carbocycles. The van der Waals surface area contributed by atoms with Gasteiger partial charge in [-0.25, -0.2) is 9.50 Å². The van der Waals surface area contributed by atoms with E-state index in [1.807, 2.05) is 42.7 Å². The molecule has 1 N–H and O–H groups in total. The molecule has 4 aromatic heterocycles. The summed E-state index contributed by atoms with van der Waals surface area (Å²) in [5.74, 6) is 0.544. The van der Waals surface area contributed by atoms with Gasteiger partial charge in [-0.1, -0.05) is 18.2 Å². The van der Waals surface area contributed by atoms with E-state index in [0.29, 0.717) is 25.6 Å². The first kappa shape index (κ1) is 19.6. The van der Waals surface area contributed by atoms with Crippen molar-refractivity contribution in [1.29, 1.82) is 0 Å². The normalized spacial score (nSPS) is 14.6. The summed E-state index contributed by atoms with van der Waals surface area (Å²) in [4.78, 5) is 14.5. The van der Waals surface area contributed by atoms with E-state index in [9.17, 15) is 0 Å². The zero-order valence-electron chi connectivity index (χ0n) is 17.9. The maximum atomic E-state index is 5.54. The SMILES string of the molecule is c1ccc2c(CN=Nc3cc(N4CCOCC4)c4nc(-c5ccncc5)cn4n3)c[nH]c2c1. The summed E-state index contributed by atoms with van der Waals surface area (Å²) in [6, 6.07) is 14.0. The molecule has 1 fully saturated rings. The number of morpholine rings is 1. The number of hydrogen-bond acceptors (Lipinski definition) is 7. The first-order valence-corrected chi connectivity index (χ1v) is 10.9. The Kier molecular flexibility index (Phi) is 5.00. The molecule has 164 valence electrons. The predicted molar refractivity (Wildman–Crippen MR) is 126 cm³/mol. The van der Waals surface area contributed by atoms with Gasteiger partial charge in [-0.2, -0.15) is 5.11 Å². The molecule has 0 unspecified atom stereocenters. The Morgan fingerprint density at radius 2 is 1.91 bits per heavy atom. The highest BCUT2D eigenvalue weighted by atomic mass is 16.5. The summed E-state index contributed by atoms with van der Waals surface area (Å²) in [6.45, 7) is 3.43. The lowest BCUT2D eigenvalue weighted by atomic mass is 10.2. The van der Waals surface area contributed by atoms with E-state index in [-0.39, 0.29) is 0 Å². The van der Waals surface area contributed by atoms with Crippen molar-refractivity contribution < 1.29 is 4.74 Å². The van der Waals surface area contributed by atoms with Crippen LogP contribution >= 0.6 is 0 Å². The molecular weight excluding hydrogens is 416 g/mol. The molecule has 5 aromatic rings. The average molecular weight is 438 g/mol. The molecule has 33 heavy (non-hydrogen) atoms. The molecule has 0 aliphatic carbocycles. The van der Waals surface area contributed by atoms with Gasteiger partial charge in [-0.15, -0.1) is 10.2 Å². The van der Waals surface area contributed by atoms with Crippen LogP contribution in [-0.2, 0) is 11.3 Å². The van der Waals surface area contributed by atoms with Crippen LogP contribution in [0.1, 0.15) is 5.56 Å². The third-order valence-electron chi connectivity index (χ3n) is 5.81. The number of azo groups is 1. The Morgan fingerprint density at radius 3 is 2.79 bits per heavy atom. The van der Waals surface area contributed by atoms with Crippen LogP contribution in [-0.4, -0.2) is 50.9 Å². The number of anilines is 1. The van der Waals surface area contributed by atoms with Crippen LogP contribution in [0.3, 0.4) is 0 Å². The van der Waals surface area contributed by atoms with Gasteiger partial charge < -0.3 is 14.6 Å². The number of nitrogens with one attached hydrogen (secondary N) is 1. The fraction of sp³-hybridized carbons (Fsp3) is 0.208. The monoisotopic (exact) mass is 438 g/mol. The summed E-state index contributed by atoms with van der Waals surface area (Å²) in [7, 11) is 0. The van der Waals surface area contributed by atoms with Crippen molar-refractivity contribution in [3.8, 4) is 11.3 Å². The number of fused-ring (bicyclic) bond motifs is 2. The maximum absolute atomic E-state index is 5.54. The molecule has 1 aliphatic rings. The summed E-state index contributed by atoms with van der Waals surface area (Å²) in [5, 5.41) is 14.7. The number of aromatic amines is 1. The lowest BCUT2D eigenvalue weighted by Crippen LogP contribution is -2.36. The van der Waals surface area contributed by atoms with Crippen LogP contribution in [0.4, 0.5) is 11.5 Å². The number of ether oxygens (including phenoxy) is 1. The van der Waals surface area contributed by atoms with Crippen molar-refractivity contribution in [3.05, 3.63) is 72.8 Å². The van der Waals surface area contributed by atoms with Gasteiger partial charge in [0.1, 0.15) is 0 Å². The van der Waals surface area contributed by atoms with Crippen LogP contribution in [0.15, 0.2) is 77.5 Å². The van der Waals surface area contributed by atoms with Gasteiger partial charge in [0.15, 0.2) is 11.5 Å². The van der Waals surface area contributed by atoms with Gasteiger partial charge in [0, 0.05) is 59.8 Å². The molecule has 9 nitrogen and oxygen atoms in total. The molecule has 0 radical (unpaired) electrons. The zero-order chi connectivity index (χ0) is 22.0. The van der Waals surface area contributed by atoms with Crippen LogP contribution in [0, 0.1) is 0 Å². The molecule has 0 amide bonds. The Morgan fingerprint density at radius 1 is 1.06 bits per heavy atom. The highest BCUT2D eigenvalue weighted by Gasteiger charge is 2.19. The molecule has 0 atom stereocenters. The number of hydrogen-bond donors (Lipinski definition) is 1. The van der Waals surface area contributed by atoms with Crippen molar-refractivity contribution in [3.63, 3.8) is 0 Å². The van der Waals surface area contributed by atoms with E-state index >= 15 is 0 Å². The Labute approximate surface area is 189 Å². The standard InChI is InChI=1S/C24H22N8O/c1-2-4-20-19(3-1)18(14-26-20)15-27-29-23-13-22(31-9-11-33-12-10-31)24-28-21(16-32(24)30-23)17-5-7-25-8-6-17/h1-8,13-14,16,26H,9-12,15H2. The second kappa shape index (κ2) is 8.44. The first-order chi connectivity index (χ1) is 16.3. The van der Waals surface area contributed by atoms with Gasteiger partial charge >= 0.3 is 0 Å². The topological polar surface area (TPSA) is 96.1 Å². The van der Waals surface area contributed by atoms with Gasteiger partial charge in [-0.3, -0.25) is 4.98 Å². The van der Waals surface area contributed by atoms with E-state index in [4.69, 9.17) is 9.72 Å². The Hall–Kier alpha value is -4.11. The molecule has 5 heterocycles. The summed E-state index contributed by atoms with van der Waals surface area (Å²) < 4.78 is 7.34. The van der Waals surface area contributed by atoms with E-state index in [2.05, 4.69) is 42.3 Å².